The van der Waals surface area contributed by atoms with Gasteiger partial charge < -0.3 is 10.4 Å². The zero-order valence-electron chi connectivity index (χ0n) is 19.5. The van der Waals surface area contributed by atoms with E-state index in [2.05, 4.69) is 32.7 Å². The number of rotatable bonds is 11. The Kier molecular flexibility index (Phi) is 10.0. The molecule has 4 atom stereocenters. The first-order valence-corrected chi connectivity index (χ1v) is 11.1. The van der Waals surface area contributed by atoms with Crippen LogP contribution in [0.5, 0.6) is 0 Å². The van der Waals surface area contributed by atoms with Gasteiger partial charge in [-0.15, -0.1) is 0 Å². The molecule has 0 saturated carbocycles. The van der Waals surface area contributed by atoms with Crippen molar-refractivity contribution >= 4 is 11.6 Å². The van der Waals surface area contributed by atoms with Crippen LogP contribution in [0.1, 0.15) is 74.1 Å². The number of carbonyl (C=O) groups excluding carboxylic acids is 2. The topological polar surface area (TPSA) is 66.4 Å². The predicted molar refractivity (Wildman–Crippen MR) is 120 cm³/mol. The van der Waals surface area contributed by atoms with E-state index < -0.39 is 12.0 Å². The van der Waals surface area contributed by atoms with Crippen molar-refractivity contribution in [3.63, 3.8) is 0 Å². The van der Waals surface area contributed by atoms with Crippen LogP contribution in [0.25, 0.3) is 0 Å². The molecule has 0 bridgehead atoms. The molecule has 3 unspecified atom stereocenters. The van der Waals surface area contributed by atoms with Crippen LogP contribution in [0.15, 0.2) is 35.1 Å². The third kappa shape index (κ3) is 6.67. The number of ketones is 2. The van der Waals surface area contributed by atoms with Crippen molar-refractivity contribution in [3.8, 4) is 0 Å². The molecule has 0 radical (unpaired) electrons. The Hall–Kier alpha value is -1.68. The van der Waals surface area contributed by atoms with Crippen LogP contribution in [-0.4, -0.2) is 29.3 Å². The molecule has 0 amide bonds. The second-order valence-electron chi connectivity index (χ2n) is 9.24. The number of hydrogen-bond donors (Lipinski definition) is 2. The molecule has 2 N–H and O–H groups in total. The van der Waals surface area contributed by atoms with Crippen molar-refractivity contribution in [1.82, 2.24) is 5.32 Å². The summed E-state index contributed by atoms with van der Waals surface area (Å²) >= 11 is 0. The summed E-state index contributed by atoms with van der Waals surface area (Å²) in [5.41, 5.74) is 2.90. The van der Waals surface area contributed by atoms with Gasteiger partial charge in [0.05, 0.1) is 11.6 Å². The Morgan fingerprint density at radius 1 is 1.14 bits per heavy atom. The number of aliphatic hydroxyl groups is 1. The minimum absolute atomic E-state index is 0.0192. The van der Waals surface area contributed by atoms with Crippen LogP contribution in [-0.2, 0) is 9.59 Å². The van der Waals surface area contributed by atoms with Crippen LogP contribution >= 0.6 is 0 Å². The number of carbonyl (C=O) groups is 2. The van der Waals surface area contributed by atoms with Crippen LogP contribution in [0.3, 0.4) is 0 Å². The normalized spacial score (nSPS) is 22.0. The maximum atomic E-state index is 13.6. The summed E-state index contributed by atoms with van der Waals surface area (Å²) in [6, 6.07) is 0. The van der Waals surface area contributed by atoms with Gasteiger partial charge >= 0.3 is 0 Å². The first-order chi connectivity index (χ1) is 13.5. The SMILES string of the molecule is C=C(C)C(C)[C@@H](C=C(C)C)C1C(=O)C(NCC(C)C)=C(CCCCC)C(=O)C1O. The Morgan fingerprint density at radius 3 is 2.24 bits per heavy atom. The fraction of sp³-hybridized carbons (Fsp3) is 0.680. The minimum Gasteiger partial charge on any atom is -0.384 e. The second kappa shape index (κ2) is 11.5. The van der Waals surface area contributed by atoms with Gasteiger partial charge in [-0.2, -0.15) is 0 Å². The monoisotopic (exact) mass is 403 g/mol. The Bertz CT molecular complexity index is 668. The quantitative estimate of drug-likeness (QED) is 0.377. The molecule has 4 nitrogen and oxygen atoms in total. The van der Waals surface area contributed by atoms with E-state index in [4.69, 9.17) is 0 Å². The van der Waals surface area contributed by atoms with Crippen molar-refractivity contribution in [3.05, 3.63) is 35.1 Å². The lowest BCUT2D eigenvalue weighted by molar-refractivity contribution is -0.138. The number of aliphatic hydroxyl groups excluding tert-OH is 1. The third-order valence-corrected chi connectivity index (χ3v) is 5.77. The van der Waals surface area contributed by atoms with Crippen molar-refractivity contribution in [2.24, 2.45) is 23.7 Å². The van der Waals surface area contributed by atoms with Gasteiger partial charge in [0, 0.05) is 12.1 Å². The molecule has 0 aliphatic heterocycles. The summed E-state index contributed by atoms with van der Waals surface area (Å²) in [7, 11) is 0. The molecule has 0 saturated heterocycles. The molecule has 4 heteroatoms. The van der Waals surface area contributed by atoms with Crippen molar-refractivity contribution in [2.45, 2.75) is 80.3 Å². The number of nitrogens with one attached hydrogen (secondary N) is 1. The summed E-state index contributed by atoms with van der Waals surface area (Å²) in [6.45, 7) is 18.8. The van der Waals surface area contributed by atoms with Gasteiger partial charge in [0.2, 0.25) is 0 Å². The molecule has 1 aliphatic rings. The number of allylic oxidation sites excluding steroid dienone is 4. The van der Waals surface area contributed by atoms with Gasteiger partial charge in [-0.05, 0) is 51.4 Å². The van der Waals surface area contributed by atoms with E-state index in [0.29, 0.717) is 30.2 Å². The highest BCUT2D eigenvalue weighted by atomic mass is 16.3. The van der Waals surface area contributed by atoms with E-state index in [9.17, 15) is 14.7 Å². The van der Waals surface area contributed by atoms with Crippen LogP contribution in [0, 0.1) is 23.7 Å². The average molecular weight is 404 g/mol. The van der Waals surface area contributed by atoms with Crippen LogP contribution < -0.4 is 5.32 Å². The van der Waals surface area contributed by atoms with Crippen LogP contribution in [0.4, 0.5) is 0 Å². The smallest absolute Gasteiger partial charge is 0.190 e. The lowest BCUT2D eigenvalue weighted by Gasteiger charge is -2.37. The first kappa shape index (κ1) is 25.4. The average Bonchev–Trinajstić information content (AvgIpc) is 2.63. The highest BCUT2D eigenvalue weighted by molar-refractivity contribution is 6.14. The molecule has 0 fully saturated rings. The predicted octanol–water partition coefficient (Wildman–Crippen LogP) is 4.99. The lowest BCUT2D eigenvalue weighted by atomic mass is 9.69. The molecule has 1 rings (SSSR count). The number of Topliss-reactive ketones (excluding diaryl/α,β-unsaturated/α-hetero) is 2. The molecule has 0 aromatic rings. The van der Waals surface area contributed by atoms with E-state index in [1.165, 1.54) is 0 Å². The highest BCUT2D eigenvalue weighted by Gasteiger charge is 2.46. The summed E-state index contributed by atoms with van der Waals surface area (Å²) in [6.07, 6.45) is 4.12. The Morgan fingerprint density at radius 2 is 1.76 bits per heavy atom. The molecular weight excluding hydrogens is 362 g/mol. The van der Waals surface area contributed by atoms with E-state index in [1.54, 1.807) is 0 Å². The maximum Gasteiger partial charge on any atom is 0.190 e. The standard InChI is InChI=1S/C25H41NO3/c1-9-10-11-12-19-22(26-14-16(4)5)24(28)21(25(29)23(19)27)20(13-15(2)3)18(8)17(6)7/h13,16,18,20-21,25-26,29H,6,9-12,14H2,1-5,7-8H3/t18?,20-,21?,25?/m1/s1. The summed E-state index contributed by atoms with van der Waals surface area (Å²) in [5, 5.41) is 14.2. The third-order valence-electron chi connectivity index (χ3n) is 5.77. The molecule has 0 spiro atoms. The van der Waals surface area contributed by atoms with Crippen LogP contribution in [0.2, 0.25) is 0 Å². The maximum absolute atomic E-state index is 13.6. The van der Waals surface area contributed by atoms with Gasteiger partial charge in [-0.25, -0.2) is 0 Å². The van der Waals surface area contributed by atoms with E-state index >= 15 is 0 Å². The zero-order chi connectivity index (χ0) is 22.3. The van der Waals surface area contributed by atoms with Crippen molar-refractivity contribution < 1.29 is 14.7 Å². The van der Waals surface area contributed by atoms with Gasteiger partial charge in [-0.1, -0.05) is 64.3 Å². The van der Waals surface area contributed by atoms with E-state index in [-0.39, 0.29) is 23.4 Å². The second-order valence-corrected chi connectivity index (χ2v) is 9.24. The largest absolute Gasteiger partial charge is 0.384 e. The van der Waals surface area contributed by atoms with E-state index in [1.807, 2.05) is 33.8 Å². The Labute approximate surface area is 177 Å². The molecule has 0 aromatic heterocycles. The van der Waals surface area contributed by atoms with Crippen molar-refractivity contribution in [2.75, 3.05) is 6.54 Å². The Balaban J connectivity index is 3.44. The summed E-state index contributed by atoms with van der Waals surface area (Å²) in [4.78, 5) is 26.8. The van der Waals surface area contributed by atoms with Crippen molar-refractivity contribution in [1.29, 1.82) is 0 Å². The molecular formula is C25H41NO3. The first-order valence-electron chi connectivity index (χ1n) is 11.1. The molecule has 29 heavy (non-hydrogen) atoms. The van der Waals surface area contributed by atoms with Gasteiger partial charge in [0.15, 0.2) is 11.6 Å². The highest BCUT2D eigenvalue weighted by Crippen LogP contribution is 2.37. The fourth-order valence-corrected chi connectivity index (χ4v) is 3.88. The zero-order valence-corrected chi connectivity index (χ0v) is 19.5. The fourth-order valence-electron chi connectivity index (χ4n) is 3.88. The van der Waals surface area contributed by atoms with Gasteiger partial charge in [-0.3, -0.25) is 9.59 Å². The summed E-state index contributed by atoms with van der Waals surface area (Å²) in [5.74, 6) is -1.16. The number of hydrogen-bond acceptors (Lipinski definition) is 4. The molecule has 164 valence electrons. The van der Waals surface area contributed by atoms with E-state index in [0.717, 1.165) is 30.4 Å². The molecule has 1 aliphatic carbocycles. The minimum atomic E-state index is -1.30. The summed E-state index contributed by atoms with van der Waals surface area (Å²) < 4.78 is 0. The van der Waals surface area contributed by atoms with Gasteiger partial charge in [0.25, 0.3) is 0 Å². The lowest BCUT2D eigenvalue weighted by Crippen LogP contribution is -2.49. The number of unbranched alkanes of at least 4 members (excludes halogenated alkanes) is 2. The molecule has 0 aromatic carbocycles. The molecule has 0 heterocycles. The van der Waals surface area contributed by atoms with Gasteiger partial charge in [0.1, 0.15) is 6.10 Å².